The maximum Gasteiger partial charge on any atom is 0.407 e. The number of hydrogen-bond acceptors (Lipinski definition) is 27. The highest BCUT2D eigenvalue weighted by Crippen LogP contribution is 2.35. The lowest BCUT2D eigenvalue weighted by Gasteiger charge is -2.42. The van der Waals surface area contributed by atoms with Crippen molar-refractivity contribution in [2.24, 2.45) is 5.41 Å². The van der Waals surface area contributed by atoms with Gasteiger partial charge in [0.25, 0.3) is 0 Å². The van der Waals surface area contributed by atoms with Gasteiger partial charge in [-0.2, -0.15) is 0 Å². The van der Waals surface area contributed by atoms with E-state index in [9.17, 15) is 89.1 Å². The summed E-state index contributed by atoms with van der Waals surface area (Å²) in [5.74, 6) is -1.72. The second-order valence-electron chi connectivity index (χ2n) is 27.1. The fraction of sp³-hybridized carbons (Fsp3) is 0.870. The minimum Gasteiger partial charge on any atom is -0.450 e. The average Bonchev–Trinajstić information content (AvgIpc) is 0.822. The summed E-state index contributed by atoms with van der Waals surface area (Å²) in [5, 5.41) is 112. The largest absolute Gasteiger partial charge is 0.450 e. The van der Waals surface area contributed by atoms with E-state index in [4.69, 9.17) is 42.6 Å². The van der Waals surface area contributed by atoms with E-state index in [1.54, 1.807) is 0 Å². The van der Waals surface area contributed by atoms with Gasteiger partial charge in [0.2, 0.25) is 29.5 Å². The zero-order valence-corrected chi connectivity index (χ0v) is 61.3. The molecular formula is C69H124N8O27. The van der Waals surface area contributed by atoms with Crippen LogP contribution in [0.25, 0.3) is 0 Å². The van der Waals surface area contributed by atoms with Crippen LogP contribution >= 0.6 is 0 Å². The van der Waals surface area contributed by atoms with Crippen LogP contribution in [-0.2, 0) is 71.4 Å². The molecule has 0 aliphatic carbocycles. The number of aliphatic hydroxyl groups excluding tert-OH is 9. The molecule has 104 heavy (non-hydrogen) atoms. The zero-order valence-electron chi connectivity index (χ0n) is 61.3. The van der Waals surface area contributed by atoms with Crippen LogP contribution in [0.15, 0.2) is 0 Å². The highest BCUT2D eigenvalue weighted by atomic mass is 16.7. The summed E-state index contributed by atoms with van der Waals surface area (Å²) in [5.41, 5.74) is -0.286. The highest BCUT2D eigenvalue weighted by Gasteiger charge is 2.48. The smallest absolute Gasteiger partial charge is 0.407 e. The van der Waals surface area contributed by atoms with Crippen LogP contribution in [0.5, 0.6) is 0 Å². The summed E-state index contributed by atoms with van der Waals surface area (Å²) in [6, 6.07) is -3.19. The molecule has 15 atom stereocenters. The number of amides is 8. The number of Topliss-reactive ketones (excluding diaryl/α,β-unsaturated/α-hetero) is 1. The Morgan fingerprint density at radius 3 is 0.904 bits per heavy atom. The lowest BCUT2D eigenvalue weighted by molar-refractivity contribution is -0.270. The molecule has 0 aromatic rings. The molecule has 0 radical (unpaired) electrons. The molecule has 8 amide bonds. The third-order valence-electron chi connectivity index (χ3n) is 18.1. The first-order valence-electron chi connectivity index (χ1n) is 37.1. The first-order chi connectivity index (χ1) is 49.8. The summed E-state index contributed by atoms with van der Waals surface area (Å²) < 4.78 is 50.1. The molecule has 3 aliphatic rings. The van der Waals surface area contributed by atoms with Gasteiger partial charge in [-0.3, -0.25) is 28.8 Å². The van der Waals surface area contributed by atoms with Gasteiger partial charge < -0.3 is 131 Å². The molecule has 3 rings (SSSR count). The van der Waals surface area contributed by atoms with Gasteiger partial charge >= 0.3 is 18.3 Å². The zero-order chi connectivity index (χ0) is 76.7. The minimum atomic E-state index is -1.43. The molecular weight excluding hydrogens is 1370 g/mol. The van der Waals surface area contributed by atoms with Crippen molar-refractivity contribution in [3.8, 4) is 0 Å². The van der Waals surface area contributed by atoms with Crippen LogP contribution < -0.4 is 42.5 Å². The standard InChI is InChI=1S/C69H124N8O27/c1-45(81)75-54-60(90)57(87)49(42-78)102-63(54)96-36-18-25-48(84)24-12-6-5-7-15-33-72-66(93)99-39-21-28-69(4,29-22-40-100-67(94)73-34-16-10-8-13-31-70-52(85)26-19-37-97-64-55(76-46(2)82)61(91)58(88)50(43-79)103-64)30-23-41-101-68(95)74-35-17-11-9-14-32-71-53(86)27-20-38-98-65-56(77-47(3)83)62(92)59(89)51(44-80)104-65/h49-51,54-65,78-80,87-92H,5-44H2,1-4H3,(H,70,85)(H,71,86)(H,72,93)(H,73,94)(H,74,95)(H,75,81)(H,76,82)(H,77,83). The second-order valence-corrected chi connectivity index (χ2v) is 27.1. The lowest BCUT2D eigenvalue weighted by atomic mass is 9.77. The SMILES string of the molecule is CC(=O)NC1C(OCCCC(=O)CCCCCCCNC(=O)OCCCC(C)(CCCOC(=O)NCCCCCCNC(=O)CCCOC2OC(CO)C(O)C(O)C2NC(C)=O)CCCOC(=O)NCCCCCCNC(=O)CCCOC2OC(CO)C(O)C(O)C2NC(C)=O)OC(CO)C(O)C1O. The van der Waals surface area contributed by atoms with Crippen molar-refractivity contribution < 1.29 is 132 Å². The number of aliphatic hydroxyl groups is 9. The average molecular weight is 1500 g/mol. The first-order valence-corrected chi connectivity index (χ1v) is 37.1. The van der Waals surface area contributed by atoms with Gasteiger partial charge in [-0.1, -0.05) is 51.9 Å². The van der Waals surface area contributed by atoms with E-state index >= 15 is 0 Å². The Kier molecular flexibility index (Phi) is 47.9. The molecule has 17 N–H and O–H groups in total. The quantitative estimate of drug-likeness (QED) is 0.0281. The maximum absolute atomic E-state index is 12.6. The predicted molar refractivity (Wildman–Crippen MR) is 371 cm³/mol. The Hall–Kier alpha value is -5.77. The van der Waals surface area contributed by atoms with Crippen molar-refractivity contribution >= 4 is 53.6 Å². The number of alkyl carbamates (subject to hydrolysis) is 3. The Morgan fingerprint density at radius 2 is 0.606 bits per heavy atom. The topological polar surface area (TPSA) is 515 Å². The Balaban J connectivity index is 1.30. The van der Waals surface area contributed by atoms with Gasteiger partial charge in [-0.15, -0.1) is 0 Å². The number of unbranched alkanes of at least 4 members (excludes halogenated alkanes) is 10. The summed E-state index contributed by atoms with van der Waals surface area (Å²) >= 11 is 0. The summed E-state index contributed by atoms with van der Waals surface area (Å²) in [6.07, 6.45) is -1.27. The molecule has 3 aliphatic heterocycles. The van der Waals surface area contributed by atoms with Gasteiger partial charge in [0.1, 0.15) is 78.8 Å². The lowest BCUT2D eigenvalue weighted by Crippen LogP contribution is -2.64. The predicted octanol–water partition coefficient (Wildman–Crippen LogP) is -0.00370. The molecule has 0 aromatic heterocycles. The van der Waals surface area contributed by atoms with Crippen LogP contribution in [0, 0.1) is 5.41 Å². The third kappa shape index (κ3) is 38.7. The maximum atomic E-state index is 12.6. The van der Waals surface area contributed by atoms with Crippen molar-refractivity contribution in [2.45, 2.75) is 287 Å². The molecule has 0 saturated carbocycles. The van der Waals surface area contributed by atoms with Crippen molar-refractivity contribution in [3.05, 3.63) is 0 Å². The fourth-order valence-corrected chi connectivity index (χ4v) is 12.2. The number of hydrogen-bond donors (Lipinski definition) is 17. The molecule has 3 saturated heterocycles. The minimum absolute atomic E-state index is 0.0563. The third-order valence-corrected chi connectivity index (χ3v) is 18.1. The molecule has 35 nitrogen and oxygen atoms in total. The normalized spacial score (nSPS) is 25.1. The Bertz CT molecular complexity index is 2210. The van der Waals surface area contributed by atoms with E-state index < -0.39 is 148 Å². The number of nitrogens with one attached hydrogen (secondary N) is 8. The molecule has 0 spiro atoms. The van der Waals surface area contributed by atoms with E-state index in [2.05, 4.69) is 49.5 Å². The van der Waals surface area contributed by atoms with E-state index in [1.807, 2.05) is 0 Å². The Labute approximate surface area is 610 Å². The van der Waals surface area contributed by atoms with Crippen LogP contribution in [0.1, 0.15) is 195 Å². The van der Waals surface area contributed by atoms with Crippen molar-refractivity contribution in [2.75, 3.05) is 92.2 Å². The number of carbonyl (C=O) groups is 9. The summed E-state index contributed by atoms with van der Waals surface area (Å²) in [4.78, 5) is 110. The number of rotatable bonds is 55. The molecule has 3 heterocycles. The van der Waals surface area contributed by atoms with Gasteiger partial charge in [0, 0.05) is 79.2 Å². The molecule has 3 fully saturated rings. The number of ether oxygens (including phenoxy) is 9. The molecule has 35 heteroatoms. The highest BCUT2D eigenvalue weighted by molar-refractivity contribution is 5.78. The van der Waals surface area contributed by atoms with Crippen LogP contribution in [0.4, 0.5) is 14.4 Å². The summed E-state index contributed by atoms with van der Waals surface area (Å²) in [6.45, 7) is 6.98. The van der Waals surface area contributed by atoms with Crippen molar-refractivity contribution in [3.63, 3.8) is 0 Å². The van der Waals surface area contributed by atoms with Crippen molar-refractivity contribution in [1.82, 2.24) is 42.5 Å². The molecule has 15 unspecified atom stereocenters. The van der Waals surface area contributed by atoms with Gasteiger partial charge in [-0.25, -0.2) is 14.4 Å². The van der Waals surface area contributed by atoms with Crippen LogP contribution in [0.3, 0.4) is 0 Å². The molecule has 0 aromatic carbocycles. The van der Waals surface area contributed by atoms with E-state index in [0.29, 0.717) is 116 Å². The fourth-order valence-electron chi connectivity index (χ4n) is 12.2. The molecule has 0 bridgehead atoms. The van der Waals surface area contributed by atoms with E-state index in [0.717, 1.165) is 64.2 Å². The van der Waals surface area contributed by atoms with Crippen LogP contribution in [-0.4, -0.2) is 284 Å². The second kappa shape index (κ2) is 53.9. The van der Waals surface area contributed by atoms with Gasteiger partial charge in [0.05, 0.1) is 59.5 Å². The monoisotopic (exact) mass is 1500 g/mol. The Morgan fingerprint density at radius 1 is 0.337 bits per heavy atom. The van der Waals surface area contributed by atoms with Gasteiger partial charge in [-0.05, 0) is 102 Å². The van der Waals surface area contributed by atoms with Crippen LogP contribution in [0.2, 0.25) is 0 Å². The van der Waals surface area contributed by atoms with Gasteiger partial charge in [0.15, 0.2) is 18.9 Å². The van der Waals surface area contributed by atoms with E-state index in [1.165, 1.54) is 20.8 Å². The van der Waals surface area contributed by atoms with E-state index in [-0.39, 0.29) is 81.9 Å². The number of carbonyl (C=O) groups excluding carboxylic acids is 9. The molecule has 602 valence electrons. The number of ketones is 1. The first kappa shape index (κ1) is 92.4. The van der Waals surface area contributed by atoms with Crippen molar-refractivity contribution in [1.29, 1.82) is 0 Å². The summed E-state index contributed by atoms with van der Waals surface area (Å²) in [7, 11) is 0.